The minimum Gasteiger partial charge on any atom is -0.356 e. The number of carbonyl (C=O) groups is 2. The Labute approximate surface area is 160 Å². The first-order valence-electron chi connectivity index (χ1n) is 9.79. The van der Waals surface area contributed by atoms with Crippen molar-refractivity contribution in [3.8, 4) is 0 Å². The summed E-state index contributed by atoms with van der Waals surface area (Å²) >= 11 is 1.73. The van der Waals surface area contributed by atoms with Gasteiger partial charge in [0.2, 0.25) is 11.8 Å². The Bertz CT molecular complexity index is 650. The Hall–Kier alpha value is -1.63. The third-order valence-electron chi connectivity index (χ3n) is 5.20. The summed E-state index contributed by atoms with van der Waals surface area (Å²) in [5.74, 6) is 0.574. The van der Waals surface area contributed by atoms with Crippen LogP contribution in [-0.4, -0.2) is 54.4 Å². The molecule has 144 valence electrons. The molecule has 2 amide bonds. The van der Waals surface area contributed by atoms with Gasteiger partial charge in [0, 0.05) is 49.4 Å². The first-order valence-corrected chi connectivity index (χ1v) is 10.6. The monoisotopic (exact) mass is 378 g/mol. The standard InChI is InChI=1S/C19H30N4O2S/c1-4-7-20-17(24)14-5-6-15-16(12-14)26-19(21-15)23-10-8-22(9-11-23)18(25)13(2)3/h13-14H,4-12H2,1-3H3,(H,20,24). The molecule has 2 aliphatic rings. The largest absolute Gasteiger partial charge is 0.356 e. The number of aromatic nitrogens is 1. The number of anilines is 1. The number of thiazole rings is 1. The van der Waals surface area contributed by atoms with Gasteiger partial charge in [-0.25, -0.2) is 4.98 Å². The van der Waals surface area contributed by atoms with Crippen LogP contribution in [0.3, 0.4) is 0 Å². The molecule has 1 aliphatic heterocycles. The van der Waals surface area contributed by atoms with Crippen LogP contribution in [0.5, 0.6) is 0 Å². The minimum atomic E-state index is 0.0597. The Balaban J connectivity index is 1.59. The molecular formula is C19H30N4O2S. The number of carbonyl (C=O) groups excluding carboxylic acids is 2. The lowest BCUT2D eigenvalue weighted by Crippen LogP contribution is -2.49. The molecule has 3 rings (SSSR count). The summed E-state index contributed by atoms with van der Waals surface area (Å²) < 4.78 is 0. The molecule has 1 N–H and O–H groups in total. The highest BCUT2D eigenvalue weighted by Crippen LogP contribution is 2.34. The molecule has 1 saturated heterocycles. The molecule has 0 spiro atoms. The summed E-state index contributed by atoms with van der Waals surface area (Å²) in [7, 11) is 0. The predicted molar refractivity (Wildman–Crippen MR) is 105 cm³/mol. The molecule has 0 radical (unpaired) electrons. The van der Waals surface area contributed by atoms with Gasteiger partial charge in [-0.2, -0.15) is 0 Å². The van der Waals surface area contributed by atoms with E-state index in [0.717, 1.165) is 63.5 Å². The molecule has 7 heteroatoms. The van der Waals surface area contributed by atoms with Crippen molar-refractivity contribution in [2.75, 3.05) is 37.6 Å². The highest BCUT2D eigenvalue weighted by atomic mass is 32.1. The maximum Gasteiger partial charge on any atom is 0.225 e. The summed E-state index contributed by atoms with van der Waals surface area (Å²) in [5, 5.41) is 4.08. The van der Waals surface area contributed by atoms with Crippen molar-refractivity contribution in [3.05, 3.63) is 10.6 Å². The number of hydrogen-bond acceptors (Lipinski definition) is 5. The molecule has 1 atom stereocenters. The molecule has 1 unspecified atom stereocenters. The zero-order valence-electron chi connectivity index (χ0n) is 16.1. The number of nitrogens with one attached hydrogen (secondary N) is 1. The van der Waals surface area contributed by atoms with Crippen molar-refractivity contribution >= 4 is 28.3 Å². The summed E-state index contributed by atoms with van der Waals surface area (Å²) in [6, 6.07) is 0. The lowest BCUT2D eigenvalue weighted by atomic mass is 9.90. The number of rotatable bonds is 5. The van der Waals surface area contributed by atoms with E-state index in [0.29, 0.717) is 0 Å². The maximum absolute atomic E-state index is 12.3. The van der Waals surface area contributed by atoms with Gasteiger partial charge < -0.3 is 15.1 Å². The fourth-order valence-electron chi connectivity index (χ4n) is 3.60. The van der Waals surface area contributed by atoms with E-state index in [2.05, 4.69) is 17.1 Å². The topological polar surface area (TPSA) is 65.5 Å². The van der Waals surface area contributed by atoms with E-state index in [1.165, 1.54) is 10.6 Å². The number of nitrogens with zero attached hydrogens (tertiary/aromatic N) is 3. The van der Waals surface area contributed by atoms with Crippen LogP contribution in [0.1, 0.15) is 44.2 Å². The van der Waals surface area contributed by atoms with Crippen molar-refractivity contribution in [1.29, 1.82) is 0 Å². The van der Waals surface area contributed by atoms with E-state index in [4.69, 9.17) is 4.98 Å². The second-order valence-electron chi connectivity index (χ2n) is 7.56. The third-order valence-corrected chi connectivity index (χ3v) is 6.38. The van der Waals surface area contributed by atoms with Crippen LogP contribution >= 0.6 is 11.3 Å². The van der Waals surface area contributed by atoms with Crippen molar-refractivity contribution in [2.45, 2.75) is 46.5 Å². The van der Waals surface area contributed by atoms with Gasteiger partial charge in [0.05, 0.1) is 5.69 Å². The highest BCUT2D eigenvalue weighted by Gasteiger charge is 2.29. The SMILES string of the molecule is CCCNC(=O)C1CCc2nc(N3CCN(C(=O)C(C)C)CC3)sc2C1. The van der Waals surface area contributed by atoms with Crippen LogP contribution in [0, 0.1) is 11.8 Å². The number of fused-ring (bicyclic) bond motifs is 1. The smallest absolute Gasteiger partial charge is 0.225 e. The Morgan fingerprint density at radius 1 is 1.27 bits per heavy atom. The lowest BCUT2D eigenvalue weighted by Gasteiger charge is -2.35. The lowest BCUT2D eigenvalue weighted by molar-refractivity contribution is -0.134. The fraction of sp³-hybridized carbons (Fsp3) is 0.737. The zero-order valence-corrected chi connectivity index (χ0v) is 16.9. The third kappa shape index (κ3) is 4.19. The summed E-state index contributed by atoms with van der Waals surface area (Å²) in [6.45, 7) is 9.95. The van der Waals surface area contributed by atoms with Gasteiger partial charge in [-0.3, -0.25) is 9.59 Å². The second-order valence-corrected chi connectivity index (χ2v) is 8.63. The first kappa shape index (κ1) is 19.1. The molecule has 0 bridgehead atoms. The first-order chi connectivity index (χ1) is 12.5. The number of aryl methyl sites for hydroxylation is 1. The Kier molecular flexibility index (Phi) is 6.16. The molecule has 0 aromatic carbocycles. The molecule has 1 aromatic rings. The van der Waals surface area contributed by atoms with E-state index >= 15 is 0 Å². The van der Waals surface area contributed by atoms with Crippen LogP contribution in [0.15, 0.2) is 0 Å². The van der Waals surface area contributed by atoms with Gasteiger partial charge in [0.15, 0.2) is 5.13 Å². The molecule has 6 nitrogen and oxygen atoms in total. The van der Waals surface area contributed by atoms with E-state index < -0.39 is 0 Å². The van der Waals surface area contributed by atoms with Crippen LogP contribution < -0.4 is 10.2 Å². The van der Waals surface area contributed by atoms with Crippen LogP contribution in [0.4, 0.5) is 5.13 Å². The number of hydrogen-bond donors (Lipinski definition) is 1. The van der Waals surface area contributed by atoms with Crippen molar-refractivity contribution < 1.29 is 9.59 Å². The summed E-state index contributed by atoms with van der Waals surface area (Å²) in [6.07, 6.45) is 3.57. The minimum absolute atomic E-state index is 0.0597. The van der Waals surface area contributed by atoms with Gasteiger partial charge in [-0.1, -0.05) is 20.8 Å². The predicted octanol–water partition coefficient (Wildman–Crippen LogP) is 2.08. The number of amides is 2. The van der Waals surface area contributed by atoms with E-state index in [9.17, 15) is 9.59 Å². The van der Waals surface area contributed by atoms with Gasteiger partial charge in [0.25, 0.3) is 0 Å². The molecule has 1 aromatic heterocycles. The molecular weight excluding hydrogens is 348 g/mol. The Morgan fingerprint density at radius 3 is 2.65 bits per heavy atom. The highest BCUT2D eigenvalue weighted by molar-refractivity contribution is 7.15. The molecule has 0 saturated carbocycles. The second kappa shape index (κ2) is 8.37. The van der Waals surface area contributed by atoms with E-state index in [1.807, 2.05) is 18.7 Å². The van der Waals surface area contributed by atoms with E-state index in [1.54, 1.807) is 11.3 Å². The normalized spacial score (nSPS) is 20.2. The maximum atomic E-state index is 12.3. The van der Waals surface area contributed by atoms with E-state index in [-0.39, 0.29) is 23.7 Å². The Morgan fingerprint density at radius 2 is 2.00 bits per heavy atom. The van der Waals surface area contributed by atoms with Crippen LogP contribution in [-0.2, 0) is 22.4 Å². The van der Waals surface area contributed by atoms with Crippen molar-refractivity contribution in [3.63, 3.8) is 0 Å². The van der Waals surface area contributed by atoms with Crippen molar-refractivity contribution in [1.82, 2.24) is 15.2 Å². The molecule has 1 aliphatic carbocycles. The summed E-state index contributed by atoms with van der Waals surface area (Å²) in [5.41, 5.74) is 1.17. The molecule has 2 heterocycles. The number of piperazine rings is 1. The summed E-state index contributed by atoms with van der Waals surface area (Å²) in [4.78, 5) is 34.8. The molecule has 1 fully saturated rings. The van der Waals surface area contributed by atoms with Gasteiger partial charge in [-0.15, -0.1) is 11.3 Å². The van der Waals surface area contributed by atoms with Gasteiger partial charge >= 0.3 is 0 Å². The van der Waals surface area contributed by atoms with Crippen LogP contribution in [0.25, 0.3) is 0 Å². The zero-order chi connectivity index (χ0) is 18.7. The fourth-order valence-corrected chi connectivity index (χ4v) is 4.83. The quantitative estimate of drug-likeness (QED) is 0.852. The molecule has 26 heavy (non-hydrogen) atoms. The van der Waals surface area contributed by atoms with Gasteiger partial charge in [-0.05, 0) is 25.7 Å². The van der Waals surface area contributed by atoms with Crippen molar-refractivity contribution in [2.24, 2.45) is 11.8 Å². The van der Waals surface area contributed by atoms with Crippen LogP contribution in [0.2, 0.25) is 0 Å². The average molecular weight is 379 g/mol. The van der Waals surface area contributed by atoms with Gasteiger partial charge in [0.1, 0.15) is 0 Å². The average Bonchev–Trinajstić information content (AvgIpc) is 3.08.